The molecule has 0 fully saturated rings. The van der Waals surface area contributed by atoms with Crippen LogP contribution in [0, 0.1) is 11.6 Å². The van der Waals surface area contributed by atoms with Crippen molar-refractivity contribution in [2.75, 3.05) is 12.4 Å². The molecule has 0 radical (unpaired) electrons. The zero-order valence-corrected chi connectivity index (χ0v) is 15.5. The van der Waals surface area contributed by atoms with Crippen LogP contribution in [0.5, 0.6) is 0 Å². The molecule has 0 heterocycles. The maximum atomic E-state index is 14.2. The Kier molecular flexibility index (Phi) is 6.14. The molecule has 29 heavy (non-hydrogen) atoms. The average molecular weight is 393 g/mol. The van der Waals surface area contributed by atoms with Gasteiger partial charge in [0, 0.05) is 11.8 Å². The highest BCUT2D eigenvalue weighted by atomic mass is 19.1. The third-order valence-electron chi connectivity index (χ3n) is 4.13. The van der Waals surface area contributed by atoms with Gasteiger partial charge in [-0.05, 0) is 59.2 Å². The lowest BCUT2D eigenvalue weighted by atomic mass is 10.0. The number of benzene rings is 3. The van der Waals surface area contributed by atoms with Crippen molar-refractivity contribution in [3.8, 4) is 11.1 Å². The molecule has 4 nitrogen and oxygen atoms in total. The molecule has 6 heteroatoms. The summed E-state index contributed by atoms with van der Waals surface area (Å²) in [6, 6.07) is 16.6. The van der Waals surface area contributed by atoms with Crippen LogP contribution in [0.3, 0.4) is 0 Å². The van der Waals surface area contributed by atoms with E-state index in [-0.39, 0.29) is 5.56 Å². The van der Waals surface area contributed by atoms with Gasteiger partial charge in [0.05, 0.1) is 12.7 Å². The van der Waals surface area contributed by atoms with Crippen LogP contribution >= 0.6 is 0 Å². The quantitative estimate of drug-likeness (QED) is 0.486. The molecule has 1 amide bonds. The summed E-state index contributed by atoms with van der Waals surface area (Å²) >= 11 is 0. The monoisotopic (exact) mass is 393 g/mol. The molecule has 0 spiro atoms. The first-order chi connectivity index (χ1) is 14.0. The number of nitrogens with one attached hydrogen (secondary N) is 1. The highest BCUT2D eigenvalue weighted by Crippen LogP contribution is 2.24. The van der Waals surface area contributed by atoms with Crippen LogP contribution in [0.2, 0.25) is 0 Å². The van der Waals surface area contributed by atoms with Gasteiger partial charge in [-0.2, -0.15) is 0 Å². The van der Waals surface area contributed by atoms with Crippen molar-refractivity contribution in [1.82, 2.24) is 0 Å². The second kappa shape index (κ2) is 8.93. The predicted molar refractivity (Wildman–Crippen MR) is 107 cm³/mol. The number of esters is 1. The van der Waals surface area contributed by atoms with Crippen molar-refractivity contribution in [1.29, 1.82) is 0 Å². The molecule has 0 bridgehead atoms. The molecule has 146 valence electrons. The molecule has 0 saturated heterocycles. The predicted octanol–water partition coefficient (Wildman–Crippen LogP) is 5.07. The minimum Gasteiger partial charge on any atom is -0.466 e. The molecule has 3 rings (SSSR count). The fraction of sp³-hybridized carbons (Fsp3) is 0.0435. The van der Waals surface area contributed by atoms with E-state index in [9.17, 15) is 18.4 Å². The summed E-state index contributed by atoms with van der Waals surface area (Å²) in [6.45, 7) is 0. The van der Waals surface area contributed by atoms with E-state index >= 15 is 0 Å². The molecular formula is C23H17F2NO3. The third-order valence-corrected chi connectivity index (χ3v) is 4.13. The molecule has 1 N–H and O–H groups in total. The van der Waals surface area contributed by atoms with Gasteiger partial charge >= 0.3 is 5.97 Å². The van der Waals surface area contributed by atoms with Crippen molar-refractivity contribution in [2.45, 2.75) is 0 Å². The minimum absolute atomic E-state index is 0.165. The maximum absolute atomic E-state index is 14.2. The van der Waals surface area contributed by atoms with E-state index in [4.69, 9.17) is 0 Å². The van der Waals surface area contributed by atoms with Gasteiger partial charge in [0.25, 0.3) is 5.91 Å². The first kappa shape index (κ1) is 19.9. The molecule has 0 aromatic heterocycles. The topological polar surface area (TPSA) is 55.4 Å². The van der Waals surface area contributed by atoms with Gasteiger partial charge in [0.1, 0.15) is 11.6 Å². The average Bonchev–Trinajstić information content (AvgIpc) is 2.72. The van der Waals surface area contributed by atoms with E-state index in [1.165, 1.54) is 49.6 Å². The zero-order chi connectivity index (χ0) is 20.8. The van der Waals surface area contributed by atoms with Crippen LogP contribution in [0.15, 0.2) is 72.8 Å². The van der Waals surface area contributed by atoms with Gasteiger partial charge in [-0.15, -0.1) is 0 Å². The molecule has 0 saturated carbocycles. The summed E-state index contributed by atoms with van der Waals surface area (Å²) in [5.41, 5.74) is 1.97. The van der Waals surface area contributed by atoms with Gasteiger partial charge < -0.3 is 10.1 Å². The number of amides is 1. The molecule has 3 aromatic rings. The lowest BCUT2D eigenvalue weighted by Crippen LogP contribution is -2.14. The van der Waals surface area contributed by atoms with Crippen molar-refractivity contribution in [3.63, 3.8) is 0 Å². The van der Waals surface area contributed by atoms with Crippen molar-refractivity contribution in [2.24, 2.45) is 0 Å². The standard InChI is InChI=1S/C23H17F2NO3/c1-29-22(27)11-8-15-4-2-7-19(12-15)26-23(28)20-14-17(9-10-21(20)25)16-5-3-6-18(24)13-16/h2-14H,1H3,(H,26,28). The summed E-state index contributed by atoms with van der Waals surface area (Å²) in [5, 5.41) is 2.63. The highest BCUT2D eigenvalue weighted by molar-refractivity contribution is 6.05. The molecule has 0 unspecified atom stereocenters. The van der Waals surface area contributed by atoms with E-state index in [0.29, 0.717) is 22.4 Å². The Bertz CT molecular complexity index is 1090. The van der Waals surface area contributed by atoms with Crippen LogP contribution in [-0.4, -0.2) is 19.0 Å². The van der Waals surface area contributed by atoms with Crippen LogP contribution < -0.4 is 5.32 Å². The van der Waals surface area contributed by atoms with Crippen molar-refractivity contribution < 1.29 is 23.1 Å². The van der Waals surface area contributed by atoms with Crippen LogP contribution in [0.25, 0.3) is 17.2 Å². The maximum Gasteiger partial charge on any atom is 0.330 e. The number of rotatable bonds is 5. The molecular weight excluding hydrogens is 376 g/mol. The molecule has 0 aliphatic rings. The van der Waals surface area contributed by atoms with Gasteiger partial charge in [-0.3, -0.25) is 4.79 Å². The SMILES string of the molecule is COC(=O)C=Cc1cccc(NC(=O)c2cc(-c3cccc(F)c3)ccc2F)c1. The van der Waals surface area contributed by atoms with E-state index < -0.39 is 23.5 Å². The summed E-state index contributed by atoms with van der Waals surface area (Å²) in [7, 11) is 1.27. The second-order valence-corrected chi connectivity index (χ2v) is 6.14. The Morgan fingerprint density at radius 3 is 2.45 bits per heavy atom. The minimum atomic E-state index is -0.690. The number of carbonyl (C=O) groups excluding carboxylic acids is 2. The zero-order valence-electron chi connectivity index (χ0n) is 15.5. The largest absolute Gasteiger partial charge is 0.466 e. The third kappa shape index (κ3) is 5.13. The molecule has 0 atom stereocenters. The Labute approximate surface area is 166 Å². The molecule has 0 aliphatic heterocycles. The number of carbonyl (C=O) groups is 2. The summed E-state index contributed by atoms with van der Waals surface area (Å²) in [6.07, 6.45) is 2.79. The lowest BCUT2D eigenvalue weighted by molar-refractivity contribution is -0.134. The number of methoxy groups -OCH3 is 1. The number of anilines is 1. The van der Waals surface area contributed by atoms with E-state index in [1.807, 2.05) is 0 Å². The lowest BCUT2D eigenvalue weighted by Gasteiger charge is -2.09. The molecule has 3 aromatic carbocycles. The smallest absolute Gasteiger partial charge is 0.330 e. The summed E-state index contributed by atoms with van der Waals surface area (Å²) < 4.78 is 32.2. The fourth-order valence-corrected chi connectivity index (χ4v) is 2.70. The normalized spacial score (nSPS) is 10.7. The summed E-state index contributed by atoms with van der Waals surface area (Å²) in [4.78, 5) is 23.8. The first-order valence-corrected chi connectivity index (χ1v) is 8.69. The summed E-state index contributed by atoms with van der Waals surface area (Å²) in [5.74, 6) is -2.26. The molecule has 0 aliphatic carbocycles. The van der Waals surface area contributed by atoms with Crippen LogP contribution in [-0.2, 0) is 9.53 Å². The van der Waals surface area contributed by atoms with E-state index in [1.54, 1.807) is 36.4 Å². The van der Waals surface area contributed by atoms with Gasteiger partial charge in [-0.25, -0.2) is 13.6 Å². The number of hydrogen-bond acceptors (Lipinski definition) is 3. The van der Waals surface area contributed by atoms with E-state index in [0.717, 1.165) is 0 Å². The number of hydrogen-bond donors (Lipinski definition) is 1. The van der Waals surface area contributed by atoms with Gasteiger partial charge in [-0.1, -0.05) is 30.3 Å². The van der Waals surface area contributed by atoms with Gasteiger partial charge in [0.15, 0.2) is 0 Å². The number of halogens is 2. The first-order valence-electron chi connectivity index (χ1n) is 8.69. The highest BCUT2D eigenvalue weighted by Gasteiger charge is 2.14. The Balaban J connectivity index is 1.83. The van der Waals surface area contributed by atoms with Crippen LogP contribution in [0.4, 0.5) is 14.5 Å². The fourth-order valence-electron chi connectivity index (χ4n) is 2.70. The Morgan fingerprint density at radius 2 is 1.69 bits per heavy atom. The van der Waals surface area contributed by atoms with E-state index in [2.05, 4.69) is 10.1 Å². The van der Waals surface area contributed by atoms with Gasteiger partial charge in [0.2, 0.25) is 0 Å². The van der Waals surface area contributed by atoms with Crippen LogP contribution in [0.1, 0.15) is 15.9 Å². The number of ether oxygens (including phenoxy) is 1. The van der Waals surface area contributed by atoms with Crippen molar-refractivity contribution in [3.05, 3.63) is 95.6 Å². The van der Waals surface area contributed by atoms with Crippen molar-refractivity contribution >= 4 is 23.6 Å². The Hall–Kier alpha value is -3.80. The second-order valence-electron chi connectivity index (χ2n) is 6.14. The Morgan fingerprint density at radius 1 is 0.931 bits per heavy atom.